The van der Waals surface area contributed by atoms with Crippen LogP contribution in [0.25, 0.3) is 0 Å². The first kappa shape index (κ1) is 17.0. The Labute approximate surface area is 151 Å². The number of anilines is 1. The van der Waals surface area contributed by atoms with Crippen LogP contribution < -0.4 is 4.90 Å². The molecular formula is C18H22FN5O2. The maximum absolute atomic E-state index is 13.9. The van der Waals surface area contributed by atoms with Crippen LogP contribution in [-0.2, 0) is 9.53 Å². The highest BCUT2D eigenvalue weighted by Crippen LogP contribution is 2.34. The van der Waals surface area contributed by atoms with Gasteiger partial charge in [-0.05, 0) is 25.0 Å². The largest absolute Gasteiger partial charge is 0.373 e. The number of aromatic amines is 1. The number of hydrogen-bond acceptors (Lipinski definition) is 5. The topological polar surface area (TPSA) is 74.3 Å². The average Bonchev–Trinajstić information content (AvgIpc) is 3.23. The number of halogens is 1. The molecule has 7 nitrogen and oxygen atoms in total. The minimum Gasteiger partial charge on any atom is -0.373 e. The predicted octanol–water partition coefficient (Wildman–Crippen LogP) is 1.76. The Morgan fingerprint density at radius 2 is 2.15 bits per heavy atom. The highest BCUT2D eigenvalue weighted by atomic mass is 19.1. The first-order valence-electron chi connectivity index (χ1n) is 8.98. The van der Waals surface area contributed by atoms with E-state index in [-0.39, 0.29) is 23.7 Å². The number of aromatic nitrogens is 3. The number of hydrogen-bond donors (Lipinski definition) is 1. The Morgan fingerprint density at radius 1 is 1.31 bits per heavy atom. The molecule has 0 bridgehead atoms. The fraction of sp³-hybridized carbons (Fsp3) is 0.500. The quantitative estimate of drug-likeness (QED) is 0.904. The number of ether oxygens (including phenoxy) is 1. The summed E-state index contributed by atoms with van der Waals surface area (Å²) in [4.78, 5) is 21.0. The van der Waals surface area contributed by atoms with Crippen molar-refractivity contribution in [3.63, 3.8) is 0 Å². The second-order valence-electron chi connectivity index (χ2n) is 6.69. The van der Waals surface area contributed by atoms with Gasteiger partial charge in [-0.25, -0.2) is 9.37 Å². The minimum absolute atomic E-state index is 0.108. The molecule has 2 aromatic heterocycles. The lowest BCUT2D eigenvalue weighted by Crippen LogP contribution is -2.52. The van der Waals surface area contributed by atoms with Gasteiger partial charge in [0.05, 0.1) is 18.2 Å². The number of pyridine rings is 1. The molecule has 0 radical (unpaired) electrons. The van der Waals surface area contributed by atoms with Crippen LogP contribution in [0.1, 0.15) is 24.5 Å². The van der Waals surface area contributed by atoms with Gasteiger partial charge in [0.2, 0.25) is 5.91 Å². The van der Waals surface area contributed by atoms with Crippen molar-refractivity contribution in [3.8, 4) is 0 Å². The van der Waals surface area contributed by atoms with Crippen molar-refractivity contribution in [2.75, 3.05) is 37.7 Å². The number of rotatable bonds is 3. The number of carbonyl (C=O) groups is 1. The molecule has 2 aliphatic rings. The van der Waals surface area contributed by atoms with Gasteiger partial charge in [0.25, 0.3) is 0 Å². The van der Waals surface area contributed by atoms with E-state index in [0.29, 0.717) is 38.6 Å². The van der Waals surface area contributed by atoms with Crippen molar-refractivity contribution in [2.24, 2.45) is 5.92 Å². The van der Waals surface area contributed by atoms with E-state index in [1.165, 1.54) is 6.07 Å². The van der Waals surface area contributed by atoms with Crippen LogP contribution in [0, 0.1) is 11.7 Å². The fourth-order valence-electron chi connectivity index (χ4n) is 3.76. The van der Waals surface area contributed by atoms with Crippen LogP contribution in [0.3, 0.4) is 0 Å². The van der Waals surface area contributed by atoms with E-state index in [0.717, 1.165) is 18.4 Å². The van der Waals surface area contributed by atoms with Crippen LogP contribution in [0.4, 0.5) is 10.2 Å². The fourth-order valence-corrected chi connectivity index (χ4v) is 3.76. The average molecular weight is 359 g/mol. The molecule has 138 valence electrons. The molecule has 0 saturated carbocycles. The van der Waals surface area contributed by atoms with Gasteiger partial charge in [-0.2, -0.15) is 5.10 Å². The van der Waals surface area contributed by atoms with Gasteiger partial charge in [-0.15, -0.1) is 0 Å². The zero-order valence-electron chi connectivity index (χ0n) is 14.5. The molecule has 26 heavy (non-hydrogen) atoms. The van der Waals surface area contributed by atoms with Crippen molar-refractivity contribution >= 4 is 11.7 Å². The maximum atomic E-state index is 13.9. The molecular weight excluding hydrogens is 337 g/mol. The van der Waals surface area contributed by atoms with E-state index >= 15 is 0 Å². The number of nitrogens with zero attached hydrogens (tertiary/aromatic N) is 4. The monoisotopic (exact) mass is 359 g/mol. The zero-order valence-corrected chi connectivity index (χ0v) is 14.5. The Hall–Kier alpha value is -2.48. The second kappa shape index (κ2) is 7.41. The summed E-state index contributed by atoms with van der Waals surface area (Å²) in [7, 11) is 0. The molecule has 0 spiro atoms. The Bertz CT molecular complexity index is 746. The SMILES string of the molecule is O=C([C@@H]1CCCO[C@H]1c1cn[nH]c1)N1CCN(c2ncccc2F)CC1. The minimum atomic E-state index is -0.326. The lowest BCUT2D eigenvalue weighted by molar-refractivity contribution is -0.145. The molecule has 2 saturated heterocycles. The number of nitrogens with one attached hydrogen (secondary N) is 1. The van der Waals surface area contributed by atoms with Crippen LogP contribution in [0.15, 0.2) is 30.7 Å². The predicted molar refractivity (Wildman–Crippen MR) is 93.0 cm³/mol. The summed E-state index contributed by atoms with van der Waals surface area (Å²) < 4.78 is 19.8. The van der Waals surface area contributed by atoms with Gasteiger partial charge in [0, 0.05) is 50.7 Å². The van der Waals surface area contributed by atoms with E-state index < -0.39 is 0 Å². The van der Waals surface area contributed by atoms with Crippen LogP contribution in [-0.4, -0.2) is 58.8 Å². The van der Waals surface area contributed by atoms with E-state index in [1.54, 1.807) is 24.7 Å². The molecule has 4 rings (SSSR count). The Balaban J connectivity index is 1.42. The van der Waals surface area contributed by atoms with Crippen molar-refractivity contribution < 1.29 is 13.9 Å². The summed E-state index contributed by atoms with van der Waals surface area (Å²) in [5.41, 5.74) is 0.914. The van der Waals surface area contributed by atoms with E-state index in [2.05, 4.69) is 15.2 Å². The number of piperazine rings is 1. The van der Waals surface area contributed by atoms with Crippen LogP contribution >= 0.6 is 0 Å². The molecule has 1 N–H and O–H groups in total. The molecule has 0 aliphatic carbocycles. The van der Waals surface area contributed by atoms with Crippen molar-refractivity contribution in [3.05, 3.63) is 42.1 Å². The van der Waals surface area contributed by atoms with Crippen molar-refractivity contribution in [1.82, 2.24) is 20.1 Å². The lowest BCUT2D eigenvalue weighted by atomic mass is 9.89. The molecule has 1 amide bonds. The van der Waals surface area contributed by atoms with E-state index in [1.807, 2.05) is 9.80 Å². The molecule has 0 aromatic carbocycles. The molecule has 0 unspecified atom stereocenters. The number of H-pyrrole nitrogens is 1. The standard InChI is InChI=1S/C18H22FN5O2/c19-15-4-1-5-20-17(15)23-6-8-24(9-7-23)18(25)14-3-2-10-26-16(14)13-11-21-22-12-13/h1,4-5,11-12,14,16H,2-3,6-10H2,(H,21,22)/t14-,16+/m1/s1. The molecule has 2 aliphatic heterocycles. The first-order valence-corrected chi connectivity index (χ1v) is 8.98. The van der Waals surface area contributed by atoms with Gasteiger partial charge in [-0.3, -0.25) is 9.89 Å². The van der Waals surface area contributed by atoms with E-state index in [4.69, 9.17) is 4.74 Å². The van der Waals surface area contributed by atoms with Gasteiger partial charge in [-0.1, -0.05) is 0 Å². The third-order valence-electron chi connectivity index (χ3n) is 5.12. The van der Waals surface area contributed by atoms with Gasteiger partial charge in [0.1, 0.15) is 0 Å². The zero-order chi connectivity index (χ0) is 17.9. The Morgan fingerprint density at radius 3 is 2.88 bits per heavy atom. The number of carbonyl (C=O) groups excluding carboxylic acids is 1. The maximum Gasteiger partial charge on any atom is 0.228 e. The molecule has 4 heterocycles. The summed E-state index contributed by atoms with van der Waals surface area (Å²) in [6.45, 7) is 2.92. The highest BCUT2D eigenvalue weighted by Gasteiger charge is 2.37. The summed E-state index contributed by atoms with van der Waals surface area (Å²) in [6, 6.07) is 2.99. The van der Waals surface area contributed by atoms with Gasteiger partial charge < -0.3 is 14.5 Å². The summed E-state index contributed by atoms with van der Waals surface area (Å²) in [5, 5.41) is 6.77. The summed E-state index contributed by atoms with van der Waals surface area (Å²) in [6.07, 6.45) is 6.54. The normalized spacial score (nSPS) is 23.9. The van der Waals surface area contributed by atoms with Crippen LogP contribution in [0.5, 0.6) is 0 Å². The van der Waals surface area contributed by atoms with Gasteiger partial charge in [0.15, 0.2) is 11.6 Å². The van der Waals surface area contributed by atoms with Crippen molar-refractivity contribution in [1.29, 1.82) is 0 Å². The molecule has 2 aromatic rings. The smallest absolute Gasteiger partial charge is 0.228 e. The third kappa shape index (κ3) is 3.29. The second-order valence-corrected chi connectivity index (χ2v) is 6.69. The number of amides is 1. The van der Waals surface area contributed by atoms with Crippen molar-refractivity contribution in [2.45, 2.75) is 18.9 Å². The summed E-state index contributed by atoms with van der Waals surface area (Å²) in [5.74, 6) is -0.0543. The summed E-state index contributed by atoms with van der Waals surface area (Å²) >= 11 is 0. The lowest BCUT2D eigenvalue weighted by Gasteiger charge is -2.39. The third-order valence-corrected chi connectivity index (χ3v) is 5.12. The Kier molecular flexibility index (Phi) is 4.83. The highest BCUT2D eigenvalue weighted by molar-refractivity contribution is 5.80. The first-order chi connectivity index (χ1) is 12.7. The van der Waals surface area contributed by atoms with E-state index in [9.17, 15) is 9.18 Å². The molecule has 8 heteroatoms. The van der Waals surface area contributed by atoms with Gasteiger partial charge >= 0.3 is 0 Å². The molecule has 2 fully saturated rings. The molecule has 2 atom stereocenters. The van der Waals surface area contributed by atoms with Crippen LogP contribution in [0.2, 0.25) is 0 Å².